The highest BCUT2D eigenvalue weighted by Gasteiger charge is 2.16. The number of amides is 1. The maximum atomic E-state index is 12.2. The Bertz CT molecular complexity index is 729. The quantitative estimate of drug-likeness (QED) is 0.887. The van der Waals surface area contributed by atoms with Crippen molar-refractivity contribution in [2.24, 2.45) is 0 Å². The molecule has 0 unspecified atom stereocenters. The summed E-state index contributed by atoms with van der Waals surface area (Å²) in [5.41, 5.74) is 1.15. The minimum Gasteiger partial charge on any atom is -0.478 e. The number of halogens is 2. The van der Waals surface area contributed by atoms with Crippen LogP contribution >= 0.6 is 23.2 Å². The highest BCUT2D eigenvalue weighted by Crippen LogP contribution is 2.27. The van der Waals surface area contributed by atoms with Gasteiger partial charge in [0.05, 0.1) is 16.3 Å². The first-order chi connectivity index (χ1) is 9.90. The Balaban J connectivity index is 2.36. The van der Waals surface area contributed by atoms with E-state index in [1.807, 2.05) is 6.92 Å². The Morgan fingerprint density at radius 2 is 1.81 bits per heavy atom. The van der Waals surface area contributed by atoms with Crippen molar-refractivity contribution in [3.05, 3.63) is 63.1 Å². The summed E-state index contributed by atoms with van der Waals surface area (Å²) >= 11 is 11.9. The van der Waals surface area contributed by atoms with Crippen LogP contribution in [0.25, 0.3) is 0 Å². The van der Waals surface area contributed by atoms with E-state index in [9.17, 15) is 9.59 Å². The highest BCUT2D eigenvalue weighted by molar-refractivity contribution is 6.35. The second kappa shape index (κ2) is 6.16. The van der Waals surface area contributed by atoms with E-state index in [0.29, 0.717) is 10.6 Å². The number of carbonyl (C=O) groups is 2. The van der Waals surface area contributed by atoms with Gasteiger partial charge >= 0.3 is 5.97 Å². The Morgan fingerprint density at radius 1 is 1.10 bits per heavy atom. The molecule has 1 amide bonds. The molecule has 6 heteroatoms. The largest absolute Gasteiger partial charge is 0.478 e. The lowest BCUT2D eigenvalue weighted by atomic mass is 10.1. The van der Waals surface area contributed by atoms with Crippen LogP contribution in [0.3, 0.4) is 0 Å². The molecule has 0 fully saturated rings. The molecule has 0 atom stereocenters. The Morgan fingerprint density at radius 3 is 2.43 bits per heavy atom. The van der Waals surface area contributed by atoms with Gasteiger partial charge in [0.25, 0.3) is 5.91 Å². The fourth-order valence-electron chi connectivity index (χ4n) is 1.75. The summed E-state index contributed by atoms with van der Waals surface area (Å²) in [5.74, 6) is -1.65. The van der Waals surface area contributed by atoms with Gasteiger partial charge in [-0.1, -0.05) is 35.3 Å². The zero-order valence-electron chi connectivity index (χ0n) is 11.0. The molecule has 0 aromatic heterocycles. The Labute approximate surface area is 131 Å². The zero-order valence-corrected chi connectivity index (χ0v) is 12.5. The monoisotopic (exact) mass is 323 g/mol. The van der Waals surface area contributed by atoms with Gasteiger partial charge in [0, 0.05) is 10.6 Å². The third kappa shape index (κ3) is 3.35. The van der Waals surface area contributed by atoms with E-state index < -0.39 is 11.9 Å². The van der Waals surface area contributed by atoms with E-state index in [1.165, 1.54) is 24.3 Å². The van der Waals surface area contributed by atoms with Gasteiger partial charge in [-0.05, 0) is 36.8 Å². The number of rotatable bonds is 3. The predicted molar refractivity (Wildman–Crippen MR) is 82.6 cm³/mol. The van der Waals surface area contributed by atoms with Gasteiger partial charge in [-0.15, -0.1) is 0 Å². The molecule has 2 rings (SSSR count). The number of para-hydroxylation sites is 1. The molecule has 0 aliphatic rings. The fraction of sp³-hybridized carbons (Fsp3) is 0.0667. The maximum absolute atomic E-state index is 12.2. The Hall–Kier alpha value is -2.04. The topological polar surface area (TPSA) is 66.4 Å². The lowest BCUT2D eigenvalue weighted by Gasteiger charge is -2.11. The summed E-state index contributed by atoms with van der Waals surface area (Å²) in [5, 5.41) is 12.2. The third-order valence-electron chi connectivity index (χ3n) is 2.92. The van der Waals surface area contributed by atoms with Gasteiger partial charge in [0.15, 0.2) is 0 Å². The van der Waals surface area contributed by atoms with E-state index >= 15 is 0 Å². The number of carboxylic acids is 1. The number of benzene rings is 2. The predicted octanol–water partition coefficient (Wildman–Crippen LogP) is 4.25. The molecule has 0 saturated carbocycles. The number of aromatic carboxylic acids is 1. The molecule has 4 nitrogen and oxygen atoms in total. The lowest BCUT2D eigenvalue weighted by molar-refractivity contribution is 0.0698. The summed E-state index contributed by atoms with van der Waals surface area (Å²) in [7, 11) is 0. The number of carbonyl (C=O) groups excluding carboxylic acids is 1. The number of hydrogen-bond donors (Lipinski definition) is 2. The number of carboxylic acid groups (broad SMARTS) is 1. The van der Waals surface area contributed by atoms with Gasteiger partial charge in [-0.3, -0.25) is 4.79 Å². The molecular weight excluding hydrogens is 313 g/mol. The average Bonchev–Trinajstić information content (AvgIpc) is 2.43. The highest BCUT2D eigenvalue weighted by atomic mass is 35.5. The van der Waals surface area contributed by atoms with Gasteiger partial charge in [0.1, 0.15) is 0 Å². The molecule has 108 valence electrons. The first-order valence-electron chi connectivity index (χ1n) is 5.99. The van der Waals surface area contributed by atoms with Crippen LogP contribution in [0.1, 0.15) is 26.3 Å². The number of nitrogens with one attached hydrogen (secondary N) is 1. The molecule has 21 heavy (non-hydrogen) atoms. The van der Waals surface area contributed by atoms with E-state index in [1.54, 1.807) is 12.1 Å². The Kier molecular flexibility index (Phi) is 4.50. The molecule has 0 aliphatic carbocycles. The van der Waals surface area contributed by atoms with Gasteiger partial charge < -0.3 is 10.4 Å². The minimum atomic E-state index is -1.17. The molecule has 0 saturated heterocycles. The molecule has 0 spiro atoms. The zero-order chi connectivity index (χ0) is 15.6. The molecule has 2 aromatic carbocycles. The van der Waals surface area contributed by atoms with Crippen LogP contribution in [0.5, 0.6) is 0 Å². The summed E-state index contributed by atoms with van der Waals surface area (Å²) in [4.78, 5) is 23.3. The third-order valence-corrected chi connectivity index (χ3v) is 3.64. The van der Waals surface area contributed by atoms with Crippen molar-refractivity contribution in [1.82, 2.24) is 0 Å². The van der Waals surface area contributed by atoms with Crippen molar-refractivity contribution in [2.45, 2.75) is 6.92 Å². The van der Waals surface area contributed by atoms with Crippen LogP contribution in [-0.2, 0) is 0 Å². The fourth-order valence-corrected chi connectivity index (χ4v) is 2.15. The maximum Gasteiger partial charge on any atom is 0.337 e. The van der Waals surface area contributed by atoms with Crippen molar-refractivity contribution in [2.75, 3.05) is 5.32 Å². The second-order valence-electron chi connectivity index (χ2n) is 4.39. The normalized spacial score (nSPS) is 10.2. The molecule has 0 radical (unpaired) electrons. The van der Waals surface area contributed by atoms with E-state index in [-0.39, 0.29) is 16.3 Å². The van der Waals surface area contributed by atoms with Crippen LogP contribution in [0, 0.1) is 6.92 Å². The molecule has 2 N–H and O–H groups in total. The lowest BCUT2D eigenvalue weighted by Crippen LogP contribution is -2.15. The summed E-state index contributed by atoms with van der Waals surface area (Å²) < 4.78 is 0. The number of aryl methyl sites for hydroxylation is 1. The molecular formula is C15H11Cl2NO3. The SMILES string of the molecule is Cc1ccc(C(=O)Nc2c(Cl)cccc2C(=O)O)cc1Cl. The van der Waals surface area contributed by atoms with E-state index in [4.69, 9.17) is 28.3 Å². The second-order valence-corrected chi connectivity index (χ2v) is 5.20. The van der Waals surface area contributed by atoms with Crippen LogP contribution in [0.15, 0.2) is 36.4 Å². The minimum absolute atomic E-state index is 0.0633. The van der Waals surface area contributed by atoms with Crippen LogP contribution in [-0.4, -0.2) is 17.0 Å². The van der Waals surface area contributed by atoms with Crippen molar-refractivity contribution in [3.63, 3.8) is 0 Å². The van der Waals surface area contributed by atoms with Crippen molar-refractivity contribution < 1.29 is 14.7 Å². The van der Waals surface area contributed by atoms with Crippen molar-refractivity contribution in [1.29, 1.82) is 0 Å². The first-order valence-corrected chi connectivity index (χ1v) is 6.75. The van der Waals surface area contributed by atoms with Crippen LogP contribution < -0.4 is 5.32 Å². The first kappa shape index (κ1) is 15.4. The van der Waals surface area contributed by atoms with Gasteiger partial charge in [-0.2, -0.15) is 0 Å². The van der Waals surface area contributed by atoms with Crippen LogP contribution in [0.2, 0.25) is 10.0 Å². The summed E-state index contributed by atoms with van der Waals surface area (Å²) in [6, 6.07) is 9.21. The molecule has 0 aliphatic heterocycles. The van der Waals surface area contributed by atoms with E-state index in [0.717, 1.165) is 5.56 Å². The van der Waals surface area contributed by atoms with Crippen molar-refractivity contribution in [3.8, 4) is 0 Å². The smallest absolute Gasteiger partial charge is 0.337 e. The average molecular weight is 324 g/mol. The number of hydrogen-bond acceptors (Lipinski definition) is 2. The number of anilines is 1. The van der Waals surface area contributed by atoms with Crippen LogP contribution in [0.4, 0.5) is 5.69 Å². The van der Waals surface area contributed by atoms with E-state index in [2.05, 4.69) is 5.32 Å². The van der Waals surface area contributed by atoms with Gasteiger partial charge in [0.2, 0.25) is 0 Å². The summed E-state index contributed by atoms with van der Waals surface area (Å²) in [6.45, 7) is 1.82. The van der Waals surface area contributed by atoms with Crippen molar-refractivity contribution >= 4 is 40.8 Å². The van der Waals surface area contributed by atoms with Gasteiger partial charge in [-0.25, -0.2) is 4.79 Å². The summed E-state index contributed by atoms with van der Waals surface area (Å²) in [6.07, 6.45) is 0. The molecule has 0 bridgehead atoms. The molecule has 2 aromatic rings. The standard InChI is InChI=1S/C15H11Cl2NO3/c1-8-5-6-9(7-12(8)17)14(19)18-13-10(15(20)21)3-2-4-11(13)16/h2-7H,1H3,(H,18,19)(H,20,21). The molecule has 0 heterocycles.